The Morgan fingerprint density at radius 3 is 2.67 bits per heavy atom. The van der Waals surface area contributed by atoms with Crippen molar-refractivity contribution in [3.63, 3.8) is 0 Å². The molecule has 2 aromatic rings. The number of hydrogen-bond donors (Lipinski definition) is 0. The standard InChI is InChI=1S/C15H18N4OS/c1-10-7-11(2)18-14(17-10)15(3)5-4-6-19(15)13(20)12-8-21-9-16-12/h7-9H,4-6H2,1-3H3/t15-/m0/s1. The molecule has 3 heterocycles. The van der Waals surface area contributed by atoms with Gasteiger partial charge in [0.2, 0.25) is 0 Å². The maximum absolute atomic E-state index is 12.7. The van der Waals surface area contributed by atoms with Crippen molar-refractivity contribution in [2.75, 3.05) is 6.54 Å². The van der Waals surface area contributed by atoms with E-state index in [1.54, 1.807) is 10.9 Å². The van der Waals surface area contributed by atoms with Gasteiger partial charge in [-0.1, -0.05) is 0 Å². The van der Waals surface area contributed by atoms with E-state index in [0.717, 1.165) is 36.6 Å². The zero-order valence-corrected chi connectivity index (χ0v) is 13.3. The van der Waals surface area contributed by atoms with Crippen molar-refractivity contribution < 1.29 is 4.79 Å². The molecule has 0 radical (unpaired) electrons. The molecule has 1 aliphatic rings. The Balaban J connectivity index is 2.00. The van der Waals surface area contributed by atoms with E-state index >= 15 is 0 Å². The highest BCUT2D eigenvalue weighted by atomic mass is 32.1. The lowest BCUT2D eigenvalue weighted by Gasteiger charge is -2.33. The van der Waals surface area contributed by atoms with Gasteiger partial charge in [-0.3, -0.25) is 4.79 Å². The second-order valence-electron chi connectivity index (χ2n) is 5.68. The molecule has 0 saturated carbocycles. The summed E-state index contributed by atoms with van der Waals surface area (Å²) in [5.41, 5.74) is 3.63. The van der Waals surface area contributed by atoms with Crippen LogP contribution in [-0.4, -0.2) is 32.3 Å². The third kappa shape index (κ3) is 2.44. The number of carbonyl (C=O) groups is 1. The SMILES string of the molecule is Cc1cc(C)nc([C@]2(C)CCCN2C(=O)c2cscn2)n1. The predicted molar refractivity (Wildman–Crippen MR) is 81.2 cm³/mol. The average Bonchev–Trinajstić information content (AvgIpc) is 3.06. The van der Waals surface area contributed by atoms with Crippen molar-refractivity contribution >= 4 is 17.2 Å². The van der Waals surface area contributed by atoms with E-state index in [2.05, 4.69) is 21.9 Å². The Morgan fingerprint density at radius 1 is 1.33 bits per heavy atom. The number of amides is 1. The molecule has 1 amide bonds. The summed E-state index contributed by atoms with van der Waals surface area (Å²) in [5, 5.41) is 1.80. The highest BCUT2D eigenvalue weighted by Gasteiger charge is 2.44. The summed E-state index contributed by atoms with van der Waals surface area (Å²) in [7, 11) is 0. The van der Waals surface area contributed by atoms with E-state index in [-0.39, 0.29) is 5.91 Å². The molecule has 110 valence electrons. The van der Waals surface area contributed by atoms with Gasteiger partial charge in [0.1, 0.15) is 11.2 Å². The van der Waals surface area contributed by atoms with E-state index < -0.39 is 5.54 Å². The van der Waals surface area contributed by atoms with Gasteiger partial charge in [0.25, 0.3) is 5.91 Å². The summed E-state index contributed by atoms with van der Waals surface area (Å²) in [4.78, 5) is 27.9. The first kappa shape index (κ1) is 14.1. The number of thiazole rings is 1. The molecule has 0 spiro atoms. The largest absolute Gasteiger partial charge is 0.325 e. The van der Waals surface area contributed by atoms with Crippen LogP contribution in [0.25, 0.3) is 0 Å². The summed E-state index contributed by atoms with van der Waals surface area (Å²) in [5.74, 6) is 0.708. The molecule has 6 heteroatoms. The molecule has 1 aliphatic heterocycles. The van der Waals surface area contributed by atoms with Crippen molar-refractivity contribution in [3.8, 4) is 0 Å². The van der Waals surface area contributed by atoms with Crippen molar-refractivity contribution in [1.29, 1.82) is 0 Å². The third-order valence-electron chi connectivity index (χ3n) is 4.00. The van der Waals surface area contributed by atoms with Crippen LogP contribution in [-0.2, 0) is 5.54 Å². The fourth-order valence-electron chi connectivity index (χ4n) is 2.94. The number of likely N-dealkylation sites (tertiary alicyclic amines) is 1. The zero-order valence-electron chi connectivity index (χ0n) is 12.5. The minimum Gasteiger partial charge on any atom is -0.325 e. The Hall–Kier alpha value is -1.82. The molecule has 0 N–H and O–H groups in total. The average molecular weight is 302 g/mol. The Labute approximate surface area is 128 Å². The van der Waals surface area contributed by atoms with Crippen LogP contribution in [0.5, 0.6) is 0 Å². The van der Waals surface area contributed by atoms with Crippen molar-refractivity contribution in [1.82, 2.24) is 19.9 Å². The van der Waals surface area contributed by atoms with Crippen LogP contribution in [0.15, 0.2) is 17.0 Å². The van der Waals surface area contributed by atoms with Gasteiger partial charge in [-0.25, -0.2) is 15.0 Å². The fourth-order valence-corrected chi connectivity index (χ4v) is 3.47. The topological polar surface area (TPSA) is 59.0 Å². The summed E-state index contributed by atoms with van der Waals surface area (Å²) >= 11 is 1.44. The Morgan fingerprint density at radius 2 is 2.05 bits per heavy atom. The minimum absolute atomic E-state index is 0.0287. The van der Waals surface area contributed by atoms with Gasteiger partial charge >= 0.3 is 0 Å². The molecule has 21 heavy (non-hydrogen) atoms. The van der Waals surface area contributed by atoms with Gasteiger partial charge in [0.15, 0.2) is 5.82 Å². The third-order valence-corrected chi connectivity index (χ3v) is 4.59. The van der Waals surface area contributed by atoms with Crippen LogP contribution in [0.3, 0.4) is 0 Å². The Kier molecular flexibility index (Phi) is 3.49. The Bertz CT molecular complexity index is 650. The molecule has 5 nitrogen and oxygen atoms in total. The number of hydrogen-bond acceptors (Lipinski definition) is 5. The van der Waals surface area contributed by atoms with Gasteiger partial charge in [-0.15, -0.1) is 11.3 Å². The van der Waals surface area contributed by atoms with Crippen LogP contribution in [0.1, 0.15) is 47.5 Å². The van der Waals surface area contributed by atoms with Gasteiger partial charge < -0.3 is 4.90 Å². The van der Waals surface area contributed by atoms with Crippen molar-refractivity contribution in [3.05, 3.63) is 39.9 Å². The normalized spacial score (nSPS) is 21.8. The molecular formula is C15H18N4OS. The van der Waals surface area contributed by atoms with Gasteiger partial charge in [-0.05, 0) is 39.7 Å². The van der Waals surface area contributed by atoms with Crippen LogP contribution in [0, 0.1) is 13.8 Å². The number of carbonyl (C=O) groups excluding carboxylic acids is 1. The second kappa shape index (κ2) is 5.18. The van der Waals surface area contributed by atoms with E-state index in [1.165, 1.54) is 11.3 Å². The zero-order chi connectivity index (χ0) is 15.0. The predicted octanol–water partition coefficient (Wildman–Crippen LogP) is 2.70. The summed E-state index contributed by atoms with van der Waals surface area (Å²) in [6.45, 7) is 6.70. The lowest BCUT2D eigenvalue weighted by Crippen LogP contribution is -2.44. The molecule has 1 fully saturated rings. The second-order valence-corrected chi connectivity index (χ2v) is 6.40. The van der Waals surface area contributed by atoms with E-state index in [9.17, 15) is 4.79 Å². The molecular weight excluding hydrogens is 284 g/mol. The number of nitrogens with zero attached hydrogens (tertiary/aromatic N) is 4. The van der Waals surface area contributed by atoms with Crippen molar-refractivity contribution in [2.24, 2.45) is 0 Å². The molecule has 1 saturated heterocycles. The molecule has 0 aromatic carbocycles. The van der Waals surface area contributed by atoms with Gasteiger partial charge in [-0.2, -0.15) is 0 Å². The van der Waals surface area contributed by atoms with Crippen LogP contribution in [0.4, 0.5) is 0 Å². The van der Waals surface area contributed by atoms with Crippen LogP contribution in [0.2, 0.25) is 0 Å². The minimum atomic E-state index is -0.447. The number of aryl methyl sites for hydroxylation is 2. The van der Waals surface area contributed by atoms with E-state index in [0.29, 0.717) is 5.69 Å². The lowest BCUT2D eigenvalue weighted by molar-refractivity contribution is 0.0598. The first-order valence-corrected chi connectivity index (χ1v) is 7.98. The van der Waals surface area contributed by atoms with E-state index in [4.69, 9.17) is 0 Å². The highest BCUT2D eigenvalue weighted by molar-refractivity contribution is 7.07. The van der Waals surface area contributed by atoms with Crippen molar-refractivity contribution in [2.45, 2.75) is 39.2 Å². The first-order chi connectivity index (χ1) is 10.0. The monoisotopic (exact) mass is 302 g/mol. The van der Waals surface area contributed by atoms with Gasteiger partial charge in [0, 0.05) is 23.3 Å². The van der Waals surface area contributed by atoms with E-state index in [1.807, 2.05) is 24.8 Å². The molecule has 0 aliphatic carbocycles. The molecule has 0 unspecified atom stereocenters. The van der Waals surface area contributed by atoms with Crippen LogP contribution < -0.4 is 0 Å². The van der Waals surface area contributed by atoms with Crippen LogP contribution >= 0.6 is 11.3 Å². The smallest absolute Gasteiger partial charge is 0.274 e. The fraction of sp³-hybridized carbons (Fsp3) is 0.467. The van der Waals surface area contributed by atoms with Gasteiger partial charge in [0.05, 0.1) is 5.51 Å². The first-order valence-electron chi connectivity index (χ1n) is 7.03. The lowest BCUT2D eigenvalue weighted by atomic mass is 9.97. The molecule has 2 aromatic heterocycles. The molecule has 0 bridgehead atoms. The highest BCUT2D eigenvalue weighted by Crippen LogP contribution is 2.37. The maximum Gasteiger partial charge on any atom is 0.274 e. The summed E-state index contributed by atoms with van der Waals surface area (Å²) in [6.07, 6.45) is 1.84. The quantitative estimate of drug-likeness (QED) is 0.856. The number of aromatic nitrogens is 3. The summed E-state index contributed by atoms with van der Waals surface area (Å²) < 4.78 is 0. The summed E-state index contributed by atoms with van der Waals surface area (Å²) in [6, 6.07) is 1.95. The number of rotatable bonds is 2. The molecule has 1 atom stereocenters. The maximum atomic E-state index is 12.7. The molecule has 3 rings (SSSR count).